The molecule has 0 aliphatic carbocycles. The summed E-state index contributed by atoms with van der Waals surface area (Å²) in [5, 5.41) is 29.2. The van der Waals surface area contributed by atoms with Crippen LogP contribution < -0.4 is 5.32 Å². The van der Waals surface area contributed by atoms with Gasteiger partial charge in [-0.3, -0.25) is 0 Å². The van der Waals surface area contributed by atoms with Crippen molar-refractivity contribution in [2.75, 3.05) is 19.7 Å². The molecule has 1 aromatic rings. The van der Waals surface area contributed by atoms with Gasteiger partial charge in [0.25, 0.3) is 0 Å². The van der Waals surface area contributed by atoms with Crippen molar-refractivity contribution >= 4 is 5.97 Å². The number of unbranched alkanes of at least 4 members (excludes halogenated alkanes) is 3. The van der Waals surface area contributed by atoms with Gasteiger partial charge in [0, 0.05) is 19.1 Å². The highest BCUT2D eigenvalue weighted by Gasteiger charge is 2.27. The Morgan fingerprint density at radius 3 is 2.62 bits per heavy atom. The van der Waals surface area contributed by atoms with Crippen LogP contribution in [0, 0.1) is 0 Å². The number of nitrogens with one attached hydrogen (secondary N) is 1. The molecular weight excluding hydrogens is 272 g/mol. The first-order valence-electron chi connectivity index (χ1n) is 7.72. The zero-order valence-corrected chi connectivity index (χ0v) is 12.3. The van der Waals surface area contributed by atoms with Crippen molar-refractivity contribution in [3.05, 3.63) is 11.4 Å². The van der Waals surface area contributed by atoms with Crippen molar-refractivity contribution in [3.8, 4) is 0 Å². The number of hydrogen-bond donors (Lipinski definition) is 3. The van der Waals surface area contributed by atoms with Crippen LogP contribution >= 0.6 is 0 Å². The molecule has 1 aromatic heterocycles. The topological polar surface area (TPSA) is 100 Å². The van der Waals surface area contributed by atoms with Crippen LogP contribution in [0.2, 0.25) is 0 Å². The summed E-state index contributed by atoms with van der Waals surface area (Å²) < 4.78 is 1.78. The van der Waals surface area contributed by atoms with E-state index in [0.29, 0.717) is 6.54 Å². The first-order valence-corrected chi connectivity index (χ1v) is 7.72. The van der Waals surface area contributed by atoms with E-state index in [1.165, 1.54) is 0 Å². The molecule has 2 rings (SSSR count). The third kappa shape index (κ3) is 4.25. The number of aromatic nitrogens is 3. The summed E-state index contributed by atoms with van der Waals surface area (Å²) in [6, 6.07) is 0. The third-order valence-electron chi connectivity index (χ3n) is 3.98. The highest BCUT2D eigenvalue weighted by Crippen LogP contribution is 2.27. The van der Waals surface area contributed by atoms with Gasteiger partial charge in [0.1, 0.15) is 0 Å². The second-order valence-electron chi connectivity index (χ2n) is 5.51. The average Bonchev–Trinajstić information content (AvgIpc) is 2.92. The van der Waals surface area contributed by atoms with Crippen molar-refractivity contribution in [2.45, 2.75) is 51.0 Å². The number of piperidine rings is 1. The maximum absolute atomic E-state index is 11.3. The summed E-state index contributed by atoms with van der Waals surface area (Å²) in [6.07, 6.45) is 5.60. The molecule has 0 saturated carbocycles. The zero-order chi connectivity index (χ0) is 15.1. The molecule has 1 fully saturated rings. The van der Waals surface area contributed by atoms with E-state index in [9.17, 15) is 9.90 Å². The monoisotopic (exact) mass is 296 g/mol. The molecule has 7 nitrogen and oxygen atoms in total. The Kier molecular flexibility index (Phi) is 6.13. The van der Waals surface area contributed by atoms with Gasteiger partial charge in [0.2, 0.25) is 0 Å². The average molecular weight is 296 g/mol. The Morgan fingerprint density at radius 2 is 1.95 bits per heavy atom. The van der Waals surface area contributed by atoms with Crippen molar-refractivity contribution < 1.29 is 15.0 Å². The van der Waals surface area contributed by atoms with Crippen LogP contribution in [0.1, 0.15) is 60.6 Å². The second-order valence-corrected chi connectivity index (χ2v) is 5.51. The summed E-state index contributed by atoms with van der Waals surface area (Å²) in [7, 11) is 0. The number of carboxylic acid groups (broad SMARTS) is 1. The summed E-state index contributed by atoms with van der Waals surface area (Å²) in [5.74, 6) is -0.764. The van der Waals surface area contributed by atoms with Gasteiger partial charge in [-0.1, -0.05) is 18.1 Å². The number of aromatic carboxylic acids is 1. The molecule has 0 atom stereocenters. The van der Waals surface area contributed by atoms with Crippen molar-refractivity contribution in [1.82, 2.24) is 20.3 Å². The first-order chi connectivity index (χ1) is 10.2. The summed E-state index contributed by atoms with van der Waals surface area (Å²) in [4.78, 5) is 11.3. The van der Waals surface area contributed by atoms with E-state index in [-0.39, 0.29) is 18.2 Å². The van der Waals surface area contributed by atoms with Gasteiger partial charge in [-0.2, -0.15) is 0 Å². The van der Waals surface area contributed by atoms with E-state index in [4.69, 9.17) is 5.11 Å². The predicted molar refractivity (Wildman–Crippen MR) is 77.4 cm³/mol. The highest BCUT2D eigenvalue weighted by molar-refractivity contribution is 5.86. The lowest BCUT2D eigenvalue weighted by atomic mass is 9.93. The van der Waals surface area contributed by atoms with Gasteiger partial charge >= 0.3 is 5.97 Å². The standard InChI is InChI=1S/C14H24N4O3/c19-10-4-2-1-3-9-18-13(11-5-7-15-8-6-11)12(14(20)21)16-17-18/h11,15,19H,1-10H2,(H,20,21). The maximum atomic E-state index is 11.3. The van der Waals surface area contributed by atoms with Crippen LogP contribution in [0.4, 0.5) is 0 Å². The van der Waals surface area contributed by atoms with Gasteiger partial charge in [0.05, 0.1) is 5.69 Å². The fourth-order valence-electron chi connectivity index (χ4n) is 2.86. The lowest BCUT2D eigenvalue weighted by Gasteiger charge is -2.23. The quantitative estimate of drug-likeness (QED) is 0.619. The molecule has 1 aliphatic rings. The van der Waals surface area contributed by atoms with Gasteiger partial charge in [-0.15, -0.1) is 5.10 Å². The van der Waals surface area contributed by atoms with Gasteiger partial charge in [-0.25, -0.2) is 9.48 Å². The van der Waals surface area contributed by atoms with E-state index in [0.717, 1.165) is 57.3 Å². The van der Waals surface area contributed by atoms with Gasteiger partial charge < -0.3 is 15.5 Å². The highest BCUT2D eigenvalue weighted by atomic mass is 16.4. The van der Waals surface area contributed by atoms with E-state index in [1.54, 1.807) is 4.68 Å². The Morgan fingerprint density at radius 1 is 1.24 bits per heavy atom. The lowest BCUT2D eigenvalue weighted by molar-refractivity contribution is 0.0688. The number of rotatable bonds is 8. The van der Waals surface area contributed by atoms with Gasteiger partial charge in [0.15, 0.2) is 5.69 Å². The Hall–Kier alpha value is -1.47. The van der Waals surface area contributed by atoms with Crippen LogP contribution in [-0.4, -0.2) is 50.9 Å². The van der Waals surface area contributed by atoms with Gasteiger partial charge in [-0.05, 0) is 38.8 Å². The summed E-state index contributed by atoms with van der Waals surface area (Å²) in [5.41, 5.74) is 0.892. The first kappa shape index (κ1) is 15.9. The number of hydrogen-bond acceptors (Lipinski definition) is 5. The van der Waals surface area contributed by atoms with E-state index < -0.39 is 5.97 Å². The van der Waals surface area contributed by atoms with Crippen molar-refractivity contribution in [1.29, 1.82) is 0 Å². The molecule has 2 heterocycles. The van der Waals surface area contributed by atoms with Crippen LogP contribution in [0.15, 0.2) is 0 Å². The Balaban J connectivity index is 2.03. The molecular formula is C14H24N4O3. The van der Waals surface area contributed by atoms with Crippen molar-refractivity contribution in [2.24, 2.45) is 0 Å². The van der Waals surface area contributed by atoms with E-state index in [1.807, 2.05) is 0 Å². The van der Waals surface area contributed by atoms with Crippen LogP contribution in [0.5, 0.6) is 0 Å². The van der Waals surface area contributed by atoms with Crippen LogP contribution in [-0.2, 0) is 6.54 Å². The van der Waals surface area contributed by atoms with E-state index in [2.05, 4.69) is 15.6 Å². The minimum atomic E-state index is -0.991. The molecule has 118 valence electrons. The van der Waals surface area contributed by atoms with E-state index >= 15 is 0 Å². The minimum absolute atomic E-state index is 0.109. The molecule has 1 aliphatic heterocycles. The fourth-order valence-corrected chi connectivity index (χ4v) is 2.86. The van der Waals surface area contributed by atoms with Crippen LogP contribution in [0.25, 0.3) is 0 Å². The number of aryl methyl sites for hydroxylation is 1. The zero-order valence-electron chi connectivity index (χ0n) is 12.3. The molecule has 1 saturated heterocycles. The Bertz CT molecular complexity index is 455. The molecule has 3 N–H and O–H groups in total. The largest absolute Gasteiger partial charge is 0.476 e. The predicted octanol–water partition coefficient (Wildman–Crippen LogP) is 0.996. The number of carbonyl (C=O) groups is 1. The van der Waals surface area contributed by atoms with Crippen LogP contribution in [0.3, 0.4) is 0 Å². The second kappa shape index (κ2) is 8.09. The molecule has 0 spiro atoms. The maximum Gasteiger partial charge on any atom is 0.358 e. The van der Waals surface area contributed by atoms with Crippen molar-refractivity contribution in [3.63, 3.8) is 0 Å². The Labute approximate surface area is 124 Å². The molecule has 7 heteroatoms. The normalized spacial score (nSPS) is 16.2. The molecule has 21 heavy (non-hydrogen) atoms. The molecule has 0 bridgehead atoms. The molecule has 0 amide bonds. The minimum Gasteiger partial charge on any atom is -0.476 e. The fraction of sp³-hybridized carbons (Fsp3) is 0.786. The number of aliphatic hydroxyl groups is 1. The number of aliphatic hydroxyl groups excluding tert-OH is 1. The molecule has 0 radical (unpaired) electrons. The number of nitrogens with zero attached hydrogens (tertiary/aromatic N) is 3. The third-order valence-corrected chi connectivity index (χ3v) is 3.98. The summed E-state index contributed by atoms with van der Waals surface area (Å²) in [6.45, 7) is 2.74. The molecule has 0 aromatic carbocycles. The SMILES string of the molecule is O=C(O)c1nnn(CCCCCCO)c1C1CCNCC1. The summed E-state index contributed by atoms with van der Waals surface area (Å²) >= 11 is 0. The smallest absolute Gasteiger partial charge is 0.358 e. The number of carboxylic acids is 1. The lowest BCUT2D eigenvalue weighted by Crippen LogP contribution is -2.28. The molecule has 0 unspecified atom stereocenters.